The smallest absolute Gasteiger partial charge is 0.223 e. The first-order chi connectivity index (χ1) is 12.5. The molecule has 0 saturated heterocycles. The van der Waals surface area contributed by atoms with Gasteiger partial charge in [-0.3, -0.25) is 4.79 Å². The molecule has 2 rings (SSSR count). The van der Waals surface area contributed by atoms with Crippen molar-refractivity contribution in [2.45, 2.75) is 114 Å². The molecule has 152 valence electrons. The van der Waals surface area contributed by atoms with Crippen molar-refractivity contribution < 1.29 is 4.79 Å². The van der Waals surface area contributed by atoms with Gasteiger partial charge in [0.15, 0.2) is 0 Å². The first kappa shape index (κ1) is 22.5. The lowest BCUT2D eigenvalue weighted by molar-refractivity contribution is -0.126. The molecular formula is C23H42INO. The predicted molar refractivity (Wildman–Crippen MR) is 121 cm³/mol. The van der Waals surface area contributed by atoms with E-state index in [9.17, 15) is 4.79 Å². The first-order valence-electron chi connectivity index (χ1n) is 11.4. The number of halogens is 1. The summed E-state index contributed by atoms with van der Waals surface area (Å²) < 4.78 is 0.788. The number of hydrogen-bond donors (Lipinski definition) is 1. The van der Waals surface area contributed by atoms with Crippen LogP contribution >= 0.6 is 22.6 Å². The van der Waals surface area contributed by atoms with Crippen molar-refractivity contribution >= 4 is 28.5 Å². The summed E-state index contributed by atoms with van der Waals surface area (Å²) in [6, 6.07) is 0.408. The van der Waals surface area contributed by atoms with E-state index in [1.54, 1.807) is 0 Å². The van der Waals surface area contributed by atoms with Crippen LogP contribution in [0.5, 0.6) is 0 Å². The fourth-order valence-corrected chi connectivity index (χ4v) is 5.71. The molecular weight excluding hydrogens is 433 g/mol. The van der Waals surface area contributed by atoms with E-state index in [0.717, 1.165) is 34.5 Å². The van der Waals surface area contributed by atoms with E-state index in [1.165, 1.54) is 70.6 Å². The molecule has 6 atom stereocenters. The Kier molecular flexibility index (Phi) is 10.3. The zero-order valence-corrected chi connectivity index (χ0v) is 19.6. The molecule has 0 spiro atoms. The molecule has 0 radical (unpaired) electrons. The van der Waals surface area contributed by atoms with Crippen molar-refractivity contribution in [1.82, 2.24) is 5.32 Å². The molecule has 0 aliphatic heterocycles. The molecule has 2 fully saturated rings. The van der Waals surface area contributed by atoms with Crippen LogP contribution in [0.15, 0.2) is 0 Å². The molecule has 0 aromatic rings. The Morgan fingerprint density at radius 3 is 2.19 bits per heavy atom. The Bertz CT molecular complexity index is 413. The second-order valence-electron chi connectivity index (χ2n) is 9.57. The van der Waals surface area contributed by atoms with Gasteiger partial charge in [0.25, 0.3) is 0 Å². The van der Waals surface area contributed by atoms with Crippen molar-refractivity contribution in [2.24, 2.45) is 23.7 Å². The monoisotopic (exact) mass is 475 g/mol. The fourth-order valence-electron chi connectivity index (χ4n) is 4.91. The Hall–Kier alpha value is 0.200. The highest BCUT2D eigenvalue weighted by molar-refractivity contribution is 14.1. The Morgan fingerprint density at radius 1 is 0.769 bits per heavy atom. The third-order valence-corrected chi connectivity index (χ3v) is 8.77. The molecule has 1 amide bonds. The van der Waals surface area contributed by atoms with Gasteiger partial charge < -0.3 is 5.32 Å². The average molecular weight is 475 g/mol. The van der Waals surface area contributed by atoms with Gasteiger partial charge in [-0.15, -0.1) is 0 Å². The average Bonchev–Trinajstić information content (AvgIpc) is 2.67. The SMILES string of the molecule is CC1CCCC(C)CC(NC(=O)C2CCCCC(I)C(C)CC2)CCC1. The standard InChI is InChI=1S/C23H42INO/c1-17-8-6-10-18(2)16-21(12-7-9-17)25-23(26)20-11-4-5-13-22(24)19(3)14-15-20/h17-22H,4-16H2,1-3H3,(H,25,26). The predicted octanol–water partition coefficient (Wildman–Crippen LogP) is 6.90. The molecule has 2 saturated carbocycles. The number of amides is 1. The second kappa shape index (κ2) is 11.9. The minimum atomic E-state index is 0.254. The van der Waals surface area contributed by atoms with Gasteiger partial charge in [-0.25, -0.2) is 0 Å². The summed E-state index contributed by atoms with van der Waals surface area (Å²) in [4.78, 5) is 13.0. The minimum absolute atomic E-state index is 0.254. The van der Waals surface area contributed by atoms with Crippen LogP contribution in [-0.2, 0) is 4.79 Å². The minimum Gasteiger partial charge on any atom is -0.353 e. The molecule has 0 heterocycles. The molecule has 2 aliphatic carbocycles. The van der Waals surface area contributed by atoms with E-state index in [0.29, 0.717) is 11.9 Å². The molecule has 0 aromatic carbocycles. The number of nitrogens with one attached hydrogen (secondary N) is 1. The Labute approximate surface area is 176 Å². The maximum atomic E-state index is 13.0. The van der Waals surface area contributed by atoms with E-state index in [1.807, 2.05) is 0 Å². The van der Waals surface area contributed by atoms with Gasteiger partial charge in [0, 0.05) is 15.9 Å². The van der Waals surface area contributed by atoms with Crippen LogP contribution in [0.3, 0.4) is 0 Å². The largest absolute Gasteiger partial charge is 0.353 e. The van der Waals surface area contributed by atoms with Gasteiger partial charge in [-0.05, 0) is 56.3 Å². The summed E-state index contributed by atoms with van der Waals surface area (Å²) in [6.07, 6.45) is 16.3. The van der Waals surface area contributed by atoms with Crippen LogP contribution < -0.4 is 5.32 Å². The maximum Gasteiger partial charge on any atom is 0.223 e. The lowest BCUT2D eigenvalue weighted by Gasteiger charge is -2.27. The van der Waals surface area contributed by atoms with Crippen molar-refractivity contribution in [3.05, 3.63) is 0 Å². The zero-order valence-electron chi connectivity index (χ0n) is 17.4. The molecule has 26 heavy (non-hydrogen) atoms. The van der Waals surface area contributed by atoms with Gasteiger partial charge in [0.05, 0.1) is 0 Å². The van der Waals surface area contributed by atoms with Gasteiger partial charge in [-0.1, -0.05) is 88.3 Å². The van der Waals surface area contributed by atoms with Crippen molar-refractivity contribution in [3.8, 4) is 0 Å². The van der Waals surface area contributed by atoms with E-state index < -0.39 is 0 Å². The number of carbonyl (C=O) groups is 1. The summed E-state index contributed by atoms with van der Waals surface area (Å²) >= 11 is 2.63. The molecule has 2 aliphatic rings. The second-order valence-corrected chi connectivity index (χ2v) is 11.2. The van der Waals surface area contributed by atoms with E-state index in [4.69, 9.17) is 0 Å². The molecule has 2 nitrogen and oxygen atoms in total. The van der Waals surface area contributed by atoms with E-state index >= 15 is 0 Å². The highest BCUT2D eigenvalue weighted by Crippen LogP contribution is 2.30. The van der Waals surface area contributed by atoms with Gasteiger partial charge in [0.1, 0.15) is 0 Å². The number of alkyl halides is 1. The molecule has 0 aromatic heterocycles. The van der Waals surface area contributed by atoms with Gasteiger partial charge >= 0.3 is 0 Å². The van der Waals surface area contributed by atoms with Crippen molar-refractivity contribution in [3.63, 3.8) is 0 Å². The van der Waals surface area contributed by atoms with Crippen LogP contribution in [0.1, 0.15) is 104 Å². The van der Waals surface area contributed by atoms with Crippen LogP contribution in [0, 0.1) is 23.7 Å². The first-order valence-corrected chi connectivity index (χ1v) is 12.6. The Balaban J connectivity index is 1.89. The highest BCUT2D eigenvalue weighted by atomic mass is 127. The fraction of sp³-hybridized carbons (Fsp3) is 0.957. The summed E-state index contributed by atoms with van der Waals surface area (Å²) in [7, 11) is 0. The van der Waals surface area contributed by atoms with E-state index in [-0.39, 0.29) is 5.92 Å². The third kappa shape index (κ3) is 8.06. The molecule has 1 N–H and O–H groups in total. The number of rotatable bonds is 2. The summed E-state index contributed by atoms with van der Waals surface area (Å²) in [5, 5.41) is 3.50. The lowest BCUT2D eigenvalue weighted by atomic mass is 9.86. The quantitative estimate of drug-likeness (QED) is 0.342. The van der Waals surface area contributed by atoms with Crippen molar-refractivity contribution in [1.29, 1.82) is 0 Å². The number of carbonyl (C=O) groups excluding carboxylic acids is 1. The Morgan fingerprint density at radius 2 is 1.42 bits per heavy atom. The lowest BCUT2D eigenvalue weighted by Crippen LogP contribution is -2.40. The van der Waals surface area contributed by atoms with Crippen LogP contribution in [0.25, 0.3) is 0 Å². The maximum absolute atomic E-state index is 13.0. The van der Waals surface area contributed by atoms with Crippen molar-refractivity contribution in [2.75, 3.05) is 0 Å². The summed E-state index contributed by atoms with van der Waals surface area (Å²) in [6.45, 7) is 7.16. The molecule has 0 bridgehead atoms. The highest BCUT2D eigenvalue weighted by Gasteiger charge is 2.26. The summed E-state index contributed by atoms with van der Waals surface area (Å²) in [5.41, 5.74) is 0. The van der Waals surface area contributed by atoms with Crippen LogP contribution in [0.4, 0.5) is 0 Å². The number of hydrogen-bond acceptors (Lipinski definition) is 1. The zero-order chi connectivity index (χ0) is 18.9. The van der Waals surface area contributed by atoms with Gasteiger partial charge in [-0.2, -0.15) is 0 Å². The van der Waals surface area contributed by atoms with Crippen LogP contribution in [0.2, 0.25) is 0 Å². The van der Waals surface area contributed by atoms with Gasteiger partial charge in [0.2, 0.25) is 5.91 Å². The summed E-state index contributed by atoms with van der Waals surface area (Å²) in [5.74, 6) is 2.97. The molecule has 6 unspecified atom stereocenters. The van der Waals surface area contributed by atoms with E-state index in [2.05, 4.69) is 48.7 Å². The topological polar surface area (TPSA) is 29.1 Å². The normalized spacial score (nSPS) is 38.5. The molecule has 3 heteroatoms. The third-order valence-electron chi connectivity index (χ3n) is 6.92. The van der Waals surface area contributed by atoms with Crippen LogP contribution in [-0.4, -0.2) is 15.9 Å².